The number of nitrogens with zero attached hydrogens (tertiary/aromatic N) is 1. The second-order valence-electron chi connectivity index (χ2n) is 2.32. The first kappa shape index (κ1) is 9.36. The molecule has 0 unspecified atom stereocenters. The molecule has 0 heterocycles. The fourth-order valence-corrected chi connectivity index (χ4v) is 1.55. The summed E-state index contributed by atoms with van der Waals surface area (Å²) in [7, 11) is 0. The predicted molar refractivity (Wildman–Crippen MR) is 50.4 cm³/mol. The molecule has 0 saturated carbocycles. The van der Waals surface area contributed by atoms with Gasteiger partial charge in [-0.25, -0.2) is 0 Å². The molecule has 0 aromatic heterocycles. The monoisotopic (exact) mass is 203 g/mol. The van der Waals surface area contributed by atoms with Crippen LogP contribution in [0.3, 0.4) is 0 Å². The van der Waals surface area contributed by atoms with E-state index in [-0.39, 0.29) is 5.17 Å². The maximum Gasteiger partial charge on any atom is 0.177 e. The summed E-state index contributed by atoms with van der Waals surface area (Å²) in [5, 5.41) is 11.8. The largest absolute Gasteiger partial charge is 0.410 e. The van der Waals surface area contributed by atoms with E-state index in [9.17, 15) is 0 Å². The normalized spacial score (nSPS) is 11.8. The molecule has 1 N–H and O–H groups in total. The van der Waals surface area contributed by atoms with Crippen molar-refractivity contribution in [1.82, 2.24) is 0 Å². The minimum Gasteiger partial charge on any atom is -0.410 e. The highest BCUT2D eigenvalue weighted by molar-refractivity contribution is 6.70. The Morgan fingerprint density at radius 2 is 2.17 bits per heavy atom. The molecule has 0 amide bonds. The molecule has 0 fully saturated rings. The summed E-state index contributed by atoms with van der Waals surface area (Å²) >= 11 is 11.4. The second-order valence-corrected chi connectivity index (χ2v) is 3.09. The summed E-state index contributed by atoms with van der Waals surface area (Å²) < 4.78 is 0. The minimum atomic E-state index is 0.0121. The van der Waals surface area contributed by atoms with Crippen LogP contribution in [0.5, 0.6) is 0 Å². The van der Waals surface area contributed by atoms with Gasteiger partial charge in [0.2, 0.25) is 0 Å². The Morgan fingerprint density at radius 3 is 2.67 bits per heavy atom. The van der Waals surface area contributed by atoms with Gasteiger partial charge in [-0.2, -0.15) is 0 Å². The van der Waals surface area contributed by atoms with Crippen molar-refractivity contribution >= 4 is 28.4 Å². The van der Waals surface area contributed by atoms with Crippen LogP contribution in [-0.4, -0.2) is 10.4 Å². The van der Waals surface area contributed by atoms with Gasteiger partial charge in [-0.1, -0.05) is 40.5 Å². The Labute approximate surface area is 80.4 Å². The van der Waals surface area contributed by atoms with E-state index in [1.54, 1.807) is 6.07 Å². The molecule has 1 rings (SSSR count). The van der Waals surface area contributed by atoms with Gasteiger partial charge in [-0.3, -0.25) is 0 Å². The Kier molecular flexibility index (Phi) is 2.95. The average Bonchev–Trinajstić information content (AvgIpc) is 2.03. The van der Waals surface area contributed by atoms with Crippen LogP contribution in [0.25, 0.3) is 0 Å². The van der Waals surface area contributed by atoms with Crippen LogP contribution in [0.4, 0.5) is 0 Å². The van der Waals surface area contributed by atoms with E-state index in [4.69, 9.17) is 28.4 Å². The zero-order valence-electron chi connectivity index (χ0n) is 6.38. The van der Waals surface area contributed by atoms with Gasteiger partial charge < -0.3 is 5.21 Å². The van der Waals surface area contributed by atoms with Crippen molar-refractivity contribution in [2.24, 2.45) is 5.16 Å². The number of hydrogen-bond acceptors (Lipinski definition) is 2. The van der Waals surface area contributed by atoms with Crippen LogP contribution in [0.15, 0.2) is 23.4 Å². The quantitative estimate of drug-likeness (QED) is 0.425. The molecule has 1 aromatic rings. The standard InChI is InChI=1S/C8H7Cl2NO/c1-5-3-2-4-6(9)7(5)8(10)11-12/h2-4,12H,1H3/b11-8-. The minimum absolute atomic E-state index is 0.0121. The van der Waals surface area contributed by atoms with Crippen molar-refractivity contribution in [1.29, 1.82) is 0 Å². The average molecular weight is 204 g/mol. The third-order valence-electron chi connectivity index (χ3n) is 1.52. The summed E-state index contributed by atoms with van der Waals surface area (Å²) in [6.07, 6.45) is 0. The van der Waals surface area contributed by atoms with E-state index in [2.05, 4.69) is 5.16 Å². The van der Waals surface area contributed by atoms with Gasteiger partial charge in [0, 0.05) is 5.56 Å². The van der Waals surface area contributed by atoms with Gasteiger partial charge in [0.05, 0.1) is 5.02 Å². The molecule has 0 aliphatic carbocycles. The molecule has 1 aromatic carbocycles. The molecule has 2 nitrogen and oxygen atoms in total. The van der Waals surface area contributed by atoms with Crippen molar-refractivity contribution in [3.05, 3.63) is 34.3 Å². The number of rotatable bonds is 1. The molecule has 0 radical (unpaired) electrons. The number of aryl methyl sites for hydroxylation is 1. The third-order valence-corrected chi connectivity index (χ3v) is 2.10. The first-order chi connectivity index (χ1) is 5.66. The maximum atomic E-state index is 8.43. The number of benzene rings is 1. The van der Waals surface area contributed by atoms with Gasteiger partial charge in [0.15, 0.2) is 5.17 Å². The third kappa shape index (κ3) is 1.71. The Hall–Kier alpha value is -0.730. The zero-order valence-corrected chi connectivity index (χ0v) is 7.89. The first-order valence-electron chi connectivity index (χ1n) is 3.30. The second kappa shape index (κ2) is 3.78. The van der Waals surface area contributed by atoms with Crippen LogP contribution in [0, 0.1) is 6.92 Å². The topological polar surface area (TPSA) is 32.6 Å². The van der Waals surface area contributed by atoms with E-state index in [1.807, 2.05) is 19.1 Å². The fourth-order valence-electron chi connectivity index (χ4n) is 0.943. The number of oxime groups is 1. The number of halogens is 2. The number of hydrogen-bond donors (Lipinski definition) is 1. The lowest BCUT2D eigenvalue weighted by Crippen LogP contribution is -1.95. The van der Waals surface area contributed by atoms with Crippen molar-refractivity contribution < 1.29 is 5.21 Å². The lowest BCUT2D eigenvalue weighted by molar-refractivity contribution is 0.321. The van der Waals surface area contributed by atoms with Gasteiger partial charge in [0.25, 0.3) is 0 Å². The first-order valence-corrected chi connectivity index (χ1v) is 4.05. The molecular formula is C8H7Cl2NO. The van der Waals surface area contributed by atoms with Crippen molar-refractivity contribution in [3.63, 3.8) is 0 Å². The van der Waals surface area contributed by atoms with E-state index in [0.717, 1.165) is 5.56 Å². The molecule has 4 heteroatoms. The predicted octanol–water partition coefficient (Wildman–Crippen LogP) is 3.02. The van der Waals surface area contributed by atoms with Crippen LogP contribution in [0.2, 0.25) is 5.02 Å². The summed E-state index contributed by atoms with van der Waals surface area (Å²) in [4.78, 5) is 0. The van der Waals surface area contributed by atoms with Gasteiger partial charge >= 0.3 is 0 Å². The SMILES string of the molecule is Cc1cccc(Cl)c1/C(Cl)=N/O. The van der Waals surface area contributed by atoms with Crippen LogP contribution < -0.4 is 0 Å². The van der Waals surface area contributed by atoms with Crippen molar-refractivity contribution in [3.8, 4) is 0 Å². The van der Waals surface area contributed by atoms with Crippen molar-refractivity contribution in [2.45, 2.75) is 6.92 Å². The molecule has 0 atom stereocenters. The van der Waals surface area contributed by atoms with Crippen LogP contribution in [-0.2, 0) is 0 Å². The summed E-state index contributed by atoms with van der Waals surface area (Å²) in [5.74, 6) is 0. The van der Waals surface area contributed by atoms with E-state index < -0.39 is 0 Å². The highest BCUT2D eigenvalue weighted by Crippen LogP contribution is 2.21. The highest BCUT2D eigenvalue weighted by atomic mass is 35.5. The smallest absolute Gasteiger partial charge is 0.177 e. The molecular weight excluding hydrogens is 197 g/mol. The molecule has 12 heavy (non-hydrogen) atoms. The molecule has 0 spiro atoms. The lowest BCUT2D eigenvalue weighted by Gasteiger charge is -2.03. The summed E-state index contributed by atoms with van der Waals surface area (Å²) in [6.45, 7) is 1.84. The maximum absolute atomic E-state index is 8.43. The molecule has 0 aliphatic heterocycles. The van der Waals surface area contributed by atoms with Gasteiger partial charge in [-0.15, -0.1) is 0 Å². The molecule has 0 saturated heterocycles. The van der Waals surface area contributed by atoms with Gasteiger partial charge in [0.1, 0.15) is 0 Å². The lowest BCUT2D eigenvalue weighted by atomic mass is 10.1. The van der Waals surface area contributed by atoms with Crippen LogP contribution >= 0.6 is 23.2 Å². The molecule has 0 bridgehead atoms. The molecule has 64 valence electrons. The van der Waals surface area contributed by atoms with Gasteiger partial charge in [-0.05, 0) is 18.6 Å². The highest BCUT2D eigenvalue weighted by Gasteiger charge is 2.08. The van der Waals surface area contributed by atoms with E-state index in [0.29, 0.717) is 10.6 Å². The zero-order chi connectivity index (χ0) is 9.14. The Bertz CT molecular complexity index is 303. The van der Waals surface area contributed by atoms with Crippen LogP contribution in [0.1, 0.15) is 11.1 Å². The van der Waals surface area contributed by atoms with E-state index in [1.165, 1.54) is 0 Å². The van der Waals surface area contributed by atoms with Crippen molar-refractivity contribution in [2.75, 3.05) is 0 Å². The Balaban J connectivity index is 3.31. The van der Waals surface area contributed by atoms with E-state index >= 15 is 0 Å². The Morgan fingerprint density at radius 1 is 1.50 bits per heavy atom. The molecule has 0 aliphatic rings. The summed E-state index contributed by atoms with van der Waals surface area (Å²) in [6, 6.07) is 5.34. The fraction of sp³-hybridized carbons (Fsp3) is 0.125. The summed E-state index contributed by atoms with van der Waals surface area (Å²) in [5.41, 5.74) is 1.45.